The molecule has 11 aromatic carbocycles. The van der Waals surface area contributed by atoms with E-state index in [1.54, 1.807) is 22.0 Å². The summed E-state index contributed by atoms with van der Waals surface area (Å²) in [6, 6.07) is 110. The average Bonchev–Trinajstić information content (AvgIpc) is 1.33. The van der Waals surface area contributed by atoms with Crippen LogP contribution in [-0.2, 0) is 0 Å². The Balaban J connectivity index is 0.000000142. The highest BCUT2D eigenvalue weighted by atomic mass is 15.5. The Labute approximate surface area is 584 Å². The molecule has 476 valence electrons. The second-order valence-corrected chi connectivity index (χ2v) is 25.1. The van der Waals surface area contributed by atoms with E-state index < -0.39 is 0 Å². The first-order valence-corrected chi connectivity index (χ1v) is 33.7. The van der Waals surface area contributed by atoms with Crippen molar-refractivity contribution in [3.63, 3.8) is 0 Å². The van der Waals surface area contributed by atoms with Crippen molar-refractivity contribution in [1.82, 2.24) is 64.9 Å². The van der Waals surface area contributed by atoms with Gasteiger partial charge in [0.1, 0.15) is 22.1 Å². The van der Waals surface area contributed by atoms with E-state index >= 15 is 0 Å². The first kappa shape index (κ1) is 59.1. The molecule has 0 aliphatic carbocycles. The Morgan fingerprint density at radius 3 is 1.07 bits per heavy atom. The Kier molecular flexibility index (Phi) is 14.5. The van der Waals surface area contributed by atoms with Gasteiger partial charge >= 0.3 is 0 Å². The molecule has 0 unspecified atom stereocenters. The zero-order valence-corrected chi connectivity index (χ0v) is 54.6. The smallest absolute Gasteiger partial charge is 0.122 e. The van der Waals surface area contributed by atoms with Crippen LogP contribution in [0.4, 0.5) is 0 Å². The molecule has 13 nitrogen and oxygen atoms in total. The lowest BCUT2D eigenvalue weighted by Gasteiger charge is -2.12. The van der Waals surface area contributed by atoms with Crippen LogP contribution in [0.25, 0.3) is 189 Å². The third-order valence-corrected chi connectivity index (χ3v) is 18.8. The minimum atomic E-state index is 0.798. The van der Waals surface area contributed by atoms with Gasteiger partial charge in [0.05, 0.1) is 79.0 Å². The van der Waals surface area contributed by atoms with Crippen LogP contribution in [0.1, 0.15) is 0 Å². The van der Waals surface area contributed by atoms with Gasteiger partial charge in [-0.3, -0.25) is 9.97 Å². The normalized spacial score (nSPS) is 11.5. The van der Waals surface area contributed by atoms with E-state index in [4.69, 9.17) is 45.3 Å². The highest BCUT2D eigenvalue weighted by molar-refractivity contribution is 6.22. The van der Waals surface area contributed by atoms with E-state index in [-0.39, 0.29) is 0 Å². The molecule has 0 fully saturated rings. The number of hydrogen-bond donors (Lipinski definition) is 0. The summed E-state index contributed by atoms with van der Waals surface area (Å²) in [5, 5.41) is 28.1. The molecule has 102 heavy (non-hydrogen) atoms. The van der Waals surface area contributed by atoms with Gasteiger partial charge in [0.15, 0.2) is 0 Å². The van der Waals surface area contributed by atoms with Crippen molar-refractivity contribution >= 4 is 87.2 Å². The van der Waals surface area contributed by atoms with Crippen molar-refractivity contribution in [2.45, 2.75) is 0 Å². The molecule has 20 aromatic rings. The van der Waals surface area contributed by atoms with Gasteiger partial charge in [-0.05, 0) is 144 Å². The van der Waals surface area contributed by atoms with E-state index in [0.29, 0.717) is 0 Å². The highest BCUT2D eigenvalue weighted by Gasteiger charge is 2.21. The molecule has 0 radical (unpaired) electrons. The molecular weight excluding hydrogens is 1250 g/mol. The maximum Gasteiger partial charge on any atom is 0.122 e. The zero-order valence-electron chi connectivity index (χ0n) is 54.6. The summed E-state index contributed by atoms with van der Waals surface area (Å²) in [4.78, 5) is 38.4. The van der Waals surface area contributed by atoms with Crippen LogP contribution in [0, 0.1) is 0 Å². The monoisotopic (exact) mass is 1310 g/mol. The molecule has 0 atom stereocenters. The summed E-state index contributed by atoms with van der Waals surface area (Å²) in [6.45, 7) is 0. The standard InChI is InChI=1S/C46H29N7.C43H26N6/c1-3-11-32(12-4-1)45-36-22-24-41-46(52-53(51-41)35-13-5-2-6-14-35)44(36)37-27-33(21-23-38(37)50-45)30-17-19-31(20-18-30)34-28-42(39-15-7-9-25-47-39)49-43(29-34)40-16-8-10-26-48-40;1-4-10-27(11-5-1)35-22-18-29-16-17-30-19-23-36(45-42(30)41(29)44-35)31-20-24-37-34(26-31)39-33(40(46-37)28-12-6-2-7-13-28)21-25-38-43(39)48-49(47-38)32-14-8-3-9-15-32/h1-29H;1-26H. The van der Waals surface area contributed by atoms with E-state index in [1.165, 1.54) is 0 Å². The Morgan fingerprint density at radius 1 is 0.206 bits per heavy atom. The minimum Gasteiger partial charge on any atom is -0.255 e. The maximum atomic E-state index is 5.25. The van der Waals surface area contributed by atoms with Crippen LogP contribution in [0.5, 0.6) is 0 Å². The van der Waals surface area contributed by atoms with Crippen molar-refractivity contribution in [1.29, 1.82) is 0 Å². The molecule has 9 aromatic heterocycles. The second kappa shape index (κ2) is 25.0. The molecular formula is C89H55N13. The number of benzene rings is 11. The molecule has 0 bridgehead atoms. The van der Waals surface area contributed by atoms with Crippen LogP contribution in [0.2, 0.25) is 0 Å². The number of fused-ring (bicyclic) bond motifs is 13. The van der Waals surface area contributed by atoms with Crippen molar-refractivity contribution in [3.05, 3.63) is 334 Å². The van der Waals surface area contributed by atoms with E-state index in [0.717, 1.165) is 189 Å². The van der Waals surface area contributed by atoms with Crippen LogP contribution in [0.15, 0.2) is 334 Å². The SMILES string of the molecule is c1ccc(-c2ccc3ccc4ccc(-c5ccc6nc(-c7ccccc7)c7ccc8nn(-c9ccccc9)nc8c7c6c5)nc4c3n2)cc1.c1ccc(-c2nc3ccc(-c4ccc(-c5cc(-c6ccccn6)nc(-c6ccccn6)c5)cc4)cc3c3c2ccc2nn(-c4ccccc4)nc23)cc1. The van der Waals surface area contributed by atoms with Gasteiger partial charge in [-0.25, -0.2) is 24.9 Å². The first-order valence-electron chi connectivity index (χ1n) is 33.7. The largest absolute Gasteiger partial charge is 0.255 e. The fraction of sp³-hybridized carbons (Fsp3) is 0. The lowest BCUT2D eigenvalue weighted by Crippen LogP contribution is -1.97. The molecule has 0 aliphatic rings. The van der Waals surface area contributed by atoms with Crippen molar-refractivity contribution in [2.75, 3.05) is 0 Å². The summed E-state index contributed by atoms with van der Waals surface area (Å²) in [6.07, 6.45) is 3.58. The molecule has 0 spiro atoms. The molecule has 0 amide bonds. The fourth-order valence-corrected chi connectivity index (χ4v) is 13.8. The van der Waals surface area contributed by atoms with Gasteiger partial charge in [-0.2, -0.15) is 9.59 Å². The lowest BCUT2D eigenvalue weighted by molar-refractivity contribution is 0.766. The zero-order chi connectivity index (χ0) is 67.5. The van der Waals surface area contributed by atoms with Gasteiger partial charge in [0, 0.05) is 77.7 Å². The number of aromatic nitrogens is 13. The van der Waals surface area contributed by atoms with Gasteiger partial charge in [0.25, 0.3) is 0 Å². The molecule has 20 rings (SSSR count). The van der Waals surface area contributed by atoms with Gasteiger partial charge in [-0.15, -0.1) is 20.4 Å². The summed E-state index contributed by atoms with van der Waals surface area (Å²) in [5.41, 5.74) is 24.1. The maximum absolute atomic E-state index is 5.25. The van der Waals surface area contributed by atoms with Gasteiger partial charge < -0.3 is 0 Å². The quantitative estimate of drug-likeness (QED) is 0.120. The summed E-state index contributed by atoms with van der Waals surface area (Å²) in [7, 11) is 0. The Bertz CT molecular complexity index is 6520. The molecule has 13 heteroatoms. The Hall–Kier alpha value is -14.2. The predicted molar refractivity (Wildman–Crippen MR) is 411 cm³/mol. The van der Waals surface area contributed by atoms with Crippen molar-refractivity contribution < 1.29 is 0 Å². The minimum absolute atomic E-state index is 0.798. The molecule has 0 saturated carbocycles. The summed E-state index contributed by atoms with van der Waals surface area (Å²) < 4.78 is 0. The van der Waals surface area contributed by atoms with Crippen molar-refractivity contribution in [2.24, 2.45) is 0 Å². The number of para-hydroxylation sites is 2. The third kappa shape index (κ3) is 10.8. The van der Waals surface area contributed by atoms with E-state index in [2.05, 4.69) is 180 Å². The first-order chi connectivity index (χ1) is 50.5. The fourth-order valence-electron chi connectivity index (χ4n) is 13.8. The lowest BCUT2D eigenvalue weighted by atomic mass is 9.95. The highest BCUT2D eigenvalue weighted by Crippen LogP contribution is 2.41. The number of nitrogens with zero attached hydrogens (tertiary/aromatic N) is 13. The van der Waals surface area contributed by atoms with Gasteiger partial charge in [-0.1, -0.05) is 200 Å². The molecule has 9 heterocycles. The van der Waals surface area contributed by atoms with Gasteiger partial charge in [0.2, 0.25) is 0 Å². The number of pyridine rings is 7. The number of rotatable bonds is 10. The van der Waals surface area contributed by atoms with E-state index in [9.17, 15) is 0 Å². The van der Waals surface area contributed by atoms with E-state index in [1.807, 2.05) is 152 Å². The topological polar surface area (TPSA) is 152 Å². The van der Waals surface area contributed by atoms with Crippen LogP contribution in [0.3, 0.4) is 0 Å². The molecule has 0 saturated heterocycles. The Morgan fingerprint density at radius 2 is 0.598 bits per heavy atom. The summed E-state index contributed by atoms with van der Waals surface area (Å²) >= 11 is 0. The second-order valence-electron chi connectivity index (χ2n) is 25.1. The van der Waals surface area contributed by atoms with Crippen LogP contribution in [-0.4, -0.2) is 64.9 Å². The summed E-state index contributed by atoms with van der Waals surface area (Å²) in [5.74, 6) is 0. The third-order valence-electron chi connectivity index (χ3n) is 18.8. The molecule has 0 aliphatic heterocycles. The van der Waals surface area contributed by atoms with Crippen molar-refractivity contribution in [3.8, 4) is 101 Å². The molecule has 0 N–H and O–H groups in total. The van der Waals surface area contributed by atoms with Crippen LogP contribution >= 0.6 is 0 Å². The van der Waals surface area contributed by atoms with Crippen LogP contribution < -0.4 is 0 Å². The number of hydrogen-bond acceptors (Lipinski definition) is 11. The average molecular weight is 1310 g/mol. The predicted octanol–water partition coefficient (Wildman–Crippen LogP) is 20.9.